The number of hydrogen-bond donors (Lipinski definition) is 3. The van der Waals surface area contributed by atoms with Crippen LogP contribution in [0.15, 0.2) is 48.5 Å². The van der Waals surface area contributed by atoms with Crippen LogP contribution in [-0.2, 0) is 25.6 Å². The summed E-state index contributed by atoms with van der Waals surface area (Å²) < 4.78 is 0. The summed E-state index contributed by atoms with van der Waals surface area (Å²) in [5, 5.41) is 14.1. The Morgan fingerprint density at radius 2 is 1.67 bits per heavy atom. The van der Waals surface area contributed by atoms with Crippen molar-refractivity contribution < 1.29 is 29.1 Å². The van der Waals surface area contributed by atoms with Gasteiger partial charge in [-0.3, -0.25) is 19.2 Å². The first-order chi connectivity index (χ1) is 17.3. The summed E-state index contributed by atoms with van der Waals surface area (Å²) in [5.41, 5.74) is 2.06. The van der Waals surface area contributed by atoms with E-state index in [9.17, 15) is 24.0 Å². The van der Waals surface area contributed by atoms with Crippen LogP contribution in [-0.4, -0.2) is 47.7 Å². The van der Waals surface area contributed by atoms with Gasteiger partial charge in [0.2, 0.25) is 18.1 Å². The van der Waals surface area contributed by atoms with Gasteiger partial charge >= 0.3 is 5.97 Å². The molecule has 4 rings (SSSR count). The van der Waals surface area contributed by atoms with Gasteiger partial charge in [-0.25, -0.2) is 4.79 Å². The lowest BCUT2D eigenvalue weighted by Crippen LogP contribution is -2.45. The number of hydrogen-bond acceptors (Lipinski definition) is 5. The first kappa shape index (κ1) is 25.1. The summed E-state index contributed by atoms with van der Waals surface area (Å²) in [4.78, 5) is 61.1. The highest BCUT2D eigenvalue weighted by molar-refractivity contribution is 6.24. The summed E-state index contributed by atoms with van der Waals surface area (Å²) in [6.07, 6.45) is 6.54. The minimum atomic E-state index is -1.09. The van der Waals surface area contributed by atoms with E-state index < -0.39 is 23.8 Å². The third-order valence-corrected chi connectivity index (χ3v) is 7.06. The number of nitrogens with one attached hydrogen (secondary N) is 2. The monoisotopic (exact) mass is 491 g/mol. The maximum Gasteiger partial charge on any atom is 0.335 e. The van der Waals surface area contributed by atoms with Crippen LogP contribution in [0.5, 0.6) is 0 Å². The van der Waals surface area contributed by atoms with E-state index in [1.165, 1.54) is 43.5 Å². The number of aromatic carboxylic acids is 1. The predicted octanol–water partition coefficient (Wildman–Crippen LogP) is 2.94. The first-order valence-electron chi connectivity index (χ1n) is 12.1. The van der Waals surface area contributed by atoms with Gasteiger partial charge < -0.3 is 20.6 Å². The van der Waals surface area contributed by atoms with Gasteiger partial charge in [0.05, 0.1) is 5.56 Å². The van der Waals surface area contributed by atoms with Gasteiger partial charge in [-0.2, -0.15) is 0 Å². The minimum absolute atomic E-state index is 0.0739. The molecular weight excluding hydrogens is 462 g/mol. The van der Waals surface area contributed by atoms with Crippen molar-refractivity contribution in [3.8, 4) is 0 Å². The molecule has 9 heteroatoms. The summed E-state index contributed by atoms with van der Waals surface area (Å²) >= 11 is 0. The molecule has 2 aromatic rings. The van der Waals surface area contributed by atoms with E-state index in [0.29, 0.717) is 12.1 Å². The molecule has 2 aliphatic rings. The van der Waals surface area contributed by atoms with Crippen molar-refractivity contribution in [1.82, 2.24) is 5.32 Å². The average molecular weight is 492 g/mol. The zero-order chi connectivity index (χ0) is 25.7. The Bertz CT molecular complexity index is 1150. The van der Waals surface area contributed by atoms with Crippen molar-refractivity contribution in [2.24, 2.45) is 5.41 Å². The van der Waals surface area contributed by atoms with E-state index in [4.69, 9.17) is 5.11 Å². The molecule has 9 nitrogen and oxygen atoms in total. The molecule has 3 amide bonds. The lowest BCUT2D eigenvalue weighted by molar-refractivity contribution is -0.133. The number of benzene rings is 2. The number of nitrogens with zero attached hydrogens (tertiary/aromatic N) is 1. The molecular formula is C27H29N3O6. The van der Waals surface area contributed by atoms with Gasteiger partial charge in [-0.1, -0.05) is 31.4 Å². The normalized spacial score (nSPS) is 17.4. The van der Waals surface area contributed by atoms with E-state index in [0.717, 1.165) is 30.6 Å². The Morgan fingerprint density at radius 3 is 2.28 bits per heavy atom. The van der Waals surface area contributed by atoms with Crippen LogP contribution in [0.2, 0.25) is 0 Å². The fraction of sp³-hybridized carbons (Fsp3) is 0.370. The van der Waals surface area contributed by atoms with Crippen LogP contribution in [0, 0.1) is 5.41 Å². The summed E-state index contributed by atoms with van der Waals surface area (Å²) in [5.74, 6) is -2.43. The molecule has 1 unspecified atom stereocenters. The summed E-state index contributed by atoms with van der Waals surface area (Å²) in [6, 6.07) is 11.9. The quantitative estimate of drug-likeness (QED) is 0.384. The van der Waals surface area contributed by atoms with E-state index >= 15 is 0 Å². The smallest absolute Gasteiger partial charge is 0.335 e. The predicted molar refractivity (Wildman–Crippen MR) is 133 cm³/mol. The average Bonchev–Trinajstić information content (AvgIpc) is 3.19. The molecule has 0 radical (unpaired) electrons. The maximum atomic E-state index is 12.9. The van der Waals surface area contributed by atoms with Crippen molar-refractivity contribution >= 4 is 41.4 Å². The van der Waals surface area contributed by atoms with Crippen molar-refractivity contribution in [3.63, 3.8) is 0 Å². The zero-order valence-electron chi connectivity index (χ0n) is 19.9. The van der Waals surface area contributed by atoms with E-state index in [1.54, 1.807) is 0 Å². The second kappa shape index (κ2) is 10.7. The number of amides is 3. The molecule has 1 aliphatic heterocycles. The molecule has 1 aliphatic carbocycles. The number of anilines is 2. The van der Waals surface area contributed by atoms with Gasteiger partial charge in [0.15, 0.2) is 0 Å². The van der Waals surface area contributed by atoms with Crippen molar-refractivity contribution in [2.45, 2.75) is 51.0 Å². The lowest BCUT2D eigenvalue weighted by Gasteiger charge is -2.32. The molecule has 0 aromatic heterocycles. The topological polar surface area (TPSA) is 133 Å². The Labute approximate surface area is 208 Å². The van der Waals surface area contributed by atoms with Crippen molar-refractivity contribution in [2.75, 3.05) is 16.8 Å². The molecule has 1 saturated carbocycles. The number of aldehydes is 1. The van der Waals surface area contributed by atoms with Crippen LogP contribution in [0.3, 0.4) is 0 Å². The van der Waals surface area contributed by atoms with E-state index in [2.05, 4.69) is 10.6 Å². The molecule has 1 saturated heterocycles. The van der Waals surface area contributed by atoms with Crippen LogP contribution >= 0.6 is 0 Å². The van der Waals surface area contributed by atoms with Crippen molar-refractivity contribution in [1.29, 1.82) is 0 Å². The number of carbonyl (C=O) groups excluding carboxylic acids is 4. The van der Waals surface area contributed by atoms with E-state index in [1.807, 2.05) is 29.2 Å². The maximum absolute atomic E-state index is 12.9. The van der Waals surface area contributed by atoms with Crippen LogP contribution < -0.4 is 15.5 Å². The Balaban J connectivity index is 1.44. The SMILES string of the molecule is O=CC(=O)NC(Cc1ccc(N2CC3(CCCCC3)CC2=O)cc1)C(=O)Nc1ccc(C(=O)O)cc1. The Morgan fingerprint density at radius 1 is 1.00 bits per heavy atom. The van der Waals surface area contributed by atoms with Crippen LogP contribution in [0.1, 0.15) is 54.4 Å². The molecule has 2 fully saturated rings. The number of carboxylic acid groups (broad SMARTS) is 1. The molecule has 3 N–H and O–H groups in total. The molecule has 2 aromatic carbocycles. The molecule has 1 atom stereocenters. The number of rotatable bonds is 8. The first-order valence-corrected chi connectivity index (χ1v) is 12.1. The van der Waals surface area contributed by atoms with Crippen molar-refractivity contribution in [3.05, 3.63) is 59.7 Å². The van der Waals surface area contributed by atoms with Gasteiger partial charge in [-0.15, -0.1) is 0 Å². The molecule has 36 heavy (non-hydrogen) atoms. The third kappa shape index (κ3) is 5.79. The fourth-order valence-electron chi connectivity index (χ4n) is 5.16. The molecule has 0 bridgehead atoms. The van der Waals surface area contributed by atoms with Crippen LogP contribution in [0.25, 0.3) is 0 Å². The second-order valence-electron chi connectivity index (χ2n) is 9.64. The summed E-state index contributed by atoms with van der Waals surface area (Å²) in [6.45, 7) is 0.728. The highest BCUT2D eigenvalue weighted by atomic mass is 16.4. The number of carboxylic acids is 1. The van der Waals surface area contributed by atoms with Crippen LogP contribution in [0.4, 0.5) is 11.4 Å². The highest BCUT2D eigenvalue weighted by Crippen LogP contribution is 2.45. The summed E-state index contributed by atoms with van der Waals surface area (Å²) in [7, 11) is 0. The standard InChI is InChI=1S/C27H29N3O6/c31-16-23(32)29-22(25(34)28-20-8-6-19(7-9-20)26(35)36)14-18-4-10-21(11-5-18)30-17-27(15-24(30)33)12-2-1-3-13-27/h4-11,16,22H,1-3,12-15,17H2,(H,28,34)(H,29,32)(H,35,36). The molecule has 1 spiro atoms. The second-order valence-corrected chi connectivity index (χ2v) is 9.64. The third-order valence-electron chi connectivity index (χ3n) is 7.06. The Hall–Kier alpha value is -4.01. The highest BCUT2D eigenvalue weighted by Gasteiger charge is 2.43. The van der Waals surface area contributed by atoms with Gasteiger partial charge in [0, 0.05) is 30.8 Å². The van der Waals surface area contributed by atoms with Gasteiger partial charge in [0.25, 0.3) is 5.91 Å². The zero-order valence-corrected chi connectivity index (χ0v) is 19.9. The largest absolute Gasteiger partial charge is 0.478 e. The molecule has 1 heterocycles. The van der Waals surface area contributed by atoms with E-state index in [-0.39, 0.29) is 29.6 Å². The fourth-order valence-corrected chi connectivity index (χ4v) is 5.16. The number of carbonyl (C=O) groups is 5. The minimum Gasteiger partial charge on any atom is -0.478 e. The lowest BCUT2D eigenvalue weighted by atomic mass is 9.73. The molecule has 188 valence electrons. The van der Waals surface area contributed by atoms with Gasteiger partial charge in [-0.05, 0) is 60.2 Å². The van der Waals surface area contributed by atoms with Gasteiger partial charge in [0.1, 0.15) is 6.04 Å². The Kier molecular flexibility index (Phi) is 7.47.